The van der Waals surface area contributed by atoms with E-state index in [1.54, 1.807) is 25.9 Å². The predicted molar refractivity (Wildman–Crippen MR) is 165 cm³/mol. The number of halogens is 1. The minimum absolute atomic E-state index is 0.159. The Bertz CT molecular complexity index is 1710. The number of fused-ring (bicyclic) bond motifs is 3. The number of esters is 1. The molecule has 2 heterocycles. The maximum atomic E-state index is 13.6. The number of H-pyrrole nitrogens is 1. The number of rotatable bonds is 6. The van der Waals surface area contributed by atoms with Gasteiger partial charge in [-0.25, -0.2) is 14.0 Å². The van der Waals surface area contributed by atoms with Gasteiger partial charge in [0.25, 0.3) is 5.91 Å². The van der Waals surface area contributed by atoms with Crippen molar-refractivity contribution in [2.45, 2.75) is 32.7 Å². The van der Waals surface area contributed by atoms with Crippen molar-refractivity contribution in [3.05, 3.63) is 107 Å². The Morgan fingerprint density at radius 3 is 2.35 bits per heavy atom. The summed E-state index contributed by atoms with van der Waals surface area (Å²) < 4.78 is 19.0. The van der Waals surface area contributed by atoms with Gasteiger partial charge in [-0.05, 0) is 54.4 Å². The van der Waals surface area contributed by atoms with Gasteiger partial charge in [0, 0.05) is 54.4 Å². The molecule has 1 aliphatic rings. The minimum atomic E-state index is -0.612. The van der Waals surface area contributed by atoms with E-state index in [0.717, 1.165) is 22.0 Å². The van der Waals surface area contributed by atoms with Gasteiger partial charge in [-0.3, -0.25) is 9.69 Å². The Morgan fingerprint density at radius 1 is 1.00 bits per heavy atom. The van der Waals surface area contributed by atoms with E-state index in [2.05, 4.69) is 4.98 Å². The maximum Gasteiger partial charge on any atom is 0.341 e. The number of nitrogens with one attached hydrogen (secondary N) is 1. The Balaban J connectivity index is 1.63. The van der Waals surface area contributed by atoms with E-state index in [1.807, 2.05) is 62.4 Å². The molecule has 9 heteroatoms. The molecule has 5 rings (SSSR count). The molecule has 3 amide bonds. The highest BCUT2D eigenvalue weighted by atomic mass is 19.1. The average Bonchev–Trinajstić information content (AvgIpc) is 3.32. The summed E-state index contributed by atoms with van der Waals surface area (Å²) in [5, 5.41) is 0.868. The Kier molecular flexibility index (Phi) is 8.08. The Labute approximate surface area is 250 Å². The highest BCUT2D eigenvalue weighted by Gasteiger charge is 2.37. The summed E-state index contributed by atoms with van der Waals surface area (Å²) in [6.45, 7) is 6.54. The van der Waals surface area contributed by atoms with Crippen LogP contribution in [0.1, 0.15) is 48.0 Å². The molecule has 0 fully saturated rings. The second-order valence-corrected chi connectivity index (χ2v) is 11.4. The molecule has 1 aliphatic heterocycles. The SMILES string of the molecule is CCOC(=O)C1=CN(C(=O)c2ccc(F)cc2)CC(C)(C)c2c1[nH]c1cc(N(Cc3ccccc3)C(=O)N(C)C)ccc21. The second kappa shape index (κ2) is 11.8. The van der Waals surface area contributed by atoms with Crippen LogP contribution in [0.25, 0.3) is 16.5 Å². The third kappa shape index (κ3) is 5.88. The number of amides is 3. The van der Waals surface area contributed by atoms with Gasteiger partial charge in [-0.15, -0.1) is 0 Å². The van der Waals surface area contributed by atoms with Crippen molar-refractivity contribution in [3.8, 4) is 0 Å². The predicted octanol–water partition coefficient (Wildman–Crippen LogP) is 6.33. The van der Waals surface area contributed by atoms with Crippen LogP contribution in [0.2, 0.25) is 0 Å². The molecule has 1 aromatic heterocycles. The van der Waals surface area contributed by atoms with Crippen molar-refractivity contribution in [3.63, 3.8) is 0 Å². The summed E-state index contributed by atoms with van der Waals surface area (Å²) >= 11 is 0. The van der Waals surface area contributed by atoms with Crippen molar-refractivity contribution >= 4 is 40.1 Å². The van der Waals surface area contributed by atoms with Crippen molar-refractivity contribution in [2.75, 3.05) is 32.1 Å². The van der Waals surface area contributed by atoms with Gasteiger partial charge in [0.15, 0.2) is 0 Å². The van der Waals surface area contributed by atoms with E-state index < -0.39 is 17.2 Å². The molecular weight excluding hydrogens is 547 g/mol. The number of ether oxygens (including phenoxy) is 1. The molecule has 0 unspecified atom stereocenters. The van der Waals surface area contributed by atoms with Crippen molar-refractivity contribution in [2.24, 2.45) is 0 Å². The number of aromatic nitrogens is 1. The normalized spacial score (nSPS) is 14.0. The van der Waals surface area contributed by atoms with E-state index in [9.17, 15) is 18.8 Å². The quantitative estimate of drug-likeness (QED) is 0.269. The molecule has 0 aliphatic carbocycles. The van der Waals surface area contributed by atoms with Gasteiger partial charge in [0.05, 0.1) is 24.4 Å². The minimum Gasteiger partial charge on any atom is -0.462 e. The standard InChI is InChI=1S/C34H35FN4O4/c1-6-43-32(41)27-20-38(31(40)23-12-14-24(35)15-13-23)21-34(2,3)29-26-17-16-25(18-28(26)36-30(27)29)39(33(42)37(4)5)19-22-10-8-7-9-11-22/h7-18,20,36H,6,19,21H2,1-5H3. The van der Waals surface area contributed by atoms with Crippen LogP contribution in [0.3, 0.4) is 0 Å². The number of hydrogen-bond acceptors (Lipinski definition) is 4. The summed E-state index contributed by atoms with van der Waals surface area (Å²) in [6.07, 6.45) is 1.52. The summed E-state index contributed by atoms with van der Waals surface area (Å²) in [6, 6.07) is 20.7. The zero-order valence-corrected chi connectivity index (χ0v) is 25.0. The number of hydrogen-bond donors (Lipinski definition) is 1. The lowest BCUT2D eigenvalue weighted by atomic mass is 9.81. The number of carbonyl (C=O) groups is 3. The molecule has 0 spiro atoms. The fraction of sp³-hybridized carbons (Fsp3) is 0.265. The highest BCUT2D eigenvalue weighted by molar-refractivity contribution is 6.18. The molecule has 0 saturated carbocycles. The molecule has 43 heavy (non-hydrogen) atoms. The van der Waals surface area contributed by atoms with E-state index in [-0.39, 0.29) is 30.7 Å². The third-order valence-corrected chi connectivity index (χ3v) is 7.53. The molecule has 222 valence electrons. The van der Waals surface area contributed by atoms with E-state index in [1.165, 1.54) is 40.3 Å². The number of nitrogens with zero attached hydrogens (tertiary/aromatic N) is 3. The van der Waals surface area contributed by atoms with Crippen LogP contribution in [-0.2, 0) is 21.5 Å². The summed E-state index contributed by atoms with van der Waals surface area (Å²) in [4.78, 5) is 48.3. The lowest BCUT2D eigenvalue weighted by molar-refractivity contribution is -0.136. The fourth-order valence-electron chi connectivity index (χ4n) is 5.56. The molecule has 0 bridgehead atoms. The van der Waals surface area contributed by atoms with Crippen molar-refractivity contribution < 1.29 is 23.5 Å². The van der Waals surface area contributed by atoms with Gasteiger partial charge in [-0.2, -0.15) is 0 Å². The number of aromatic amines is 1. The number of urea groups is 1. The van der Waals surface area contributed by atoms with E-state index in [0.29, 0.717) is 23.5 Å². The lowest BCUT2D eigenvalue weighted by Crippen LogP contribution is -2.38. The topological polar surface area (TPSA) is 86.0 Å². The van der Waals surface area contributed by atoms with Crippen LogP contribution >= 0.6 is 0 Å². The maximum absolute atomic E-state index is 13.6. The summed E-state index contributed by atoms with van der Waals surface area (Å²) in [7, 11) is 3.43. The first-order valence-electron chi connectivity index (χ1n) is 14.1. The summed E-state index contributed by atoms with van der Waals surface area (Å²) in [5.74, 6) is -1.37. The zero-order chi connectivity index (χ0) is 30.9. The van der Waals surface area contributed by atoms with Crippen LogP contribution in [0.5, 0.6) is 0 Å². The zero-order valence-electron chi connectivity index (χ0n) is 25.0. The number of anilines is 1. The Morgan fingerprint density at radius 2 is 1.70 bits per heavy atom. The van der Waals surface area contributed by atoms with Crippen LogP contribution in [0, 0.1) is 5.82 Å². The molecule has 4 aromatic rings. The largest absolute Gasteiger partial charge is 0.462 e. The first-order valence-corrected chi connectivity index (χ1v) is 14.1. The van der Waals surface area contributed by atoms with Gasteiger partial charge >= 0.3 is 12.0 Å². The smallest absolute Gasteiger partial charge is 0.341 e. The molecule has 1 N–H and O–H groups in total. The third-order valence-electron chi connectivity index (χ3n) is 7.53. The Hall–Kier alpha value is -4.92. The van der Waals surface area contributed by atoms with Crippen LogP contribution in [-0.4, -0.2) is 59.9 Å². The average molecular weight is 583 g/mol. The van der Waals surface area contributed by atoms with Gasteiger partial charge < -0.3 is 19.5 Å². The van der Waals surface area contributed by atoms with Crippen LogP contribution < -0.4 is 4.90 Å². The molecule has 8 nitrogen and oxygen atoms in total. The van der Waals surface area contributed by atoms with E-state index in [4.69, 9.17) is 4.74 Å². The van der Waals surface area contributed by atoms with Crippen molar-refractivity contribution in [1.29, 1.82) is 0 Å². The van der Waals surface area contributed by atoms with Gasteiger partial charge in [0.2, 0.25) is 0 Å². The van der Waals surface area contributed by atoms with Gasteiger partial charge in [0.1, 0.15) is 5.82 Å². The van der Waals surface area contributed by atoms with Crippen molar-refractivity contribution in [1.82, 2.24) is 14.8 Å². The van der Waals surface area contributed by atoms with Gasteiger partial charge in [-0.1, -0.05) is 50.2 Å². The fourth-order valence-corrected chi connectivity index (χ4v) is 5.56. The first-order chi connectivity index (χ1) is 20.5. The molecule has 0 radical (unpaired) electrons. The highest BCUT2D eigenvalue weighted by Crippen LogP contribution is 2.41. The van der Waals surface area contributed by atoms with Crippen LogP contribution in [0.4, 0.5) is 14.9 Å². The molecule has 0 saturated heterocycles. The molecule has 3 aromatic carbocycles. The first kappa shape index (κ1) is 29.6. The molecule has 0 atom stereocenters. The monoisotopic (exact) mass is 582 g/mol. The van der Waals surface area contributed by atoms with E-state index >= 15 is 0 Å². The number of benzene rings is 3. The van der Waals surface area contributed by atoms with Crippen LogP contribution in [0.15, 0.2) is 79.0 Å². The number of carbonyl (C=O) groups excluding carboxylic acids is 3. The molecular formula is C34H35FN4O4. The summed E-state index contributed by atoms with van der Waals surface area (Å²) in [5.41, 5.74) is 3.74. The lowest BCUT2D eigenvalue weighted by Gasteiger charge is -2.30. The second-order valence-electron chi connectivity index (χ2n) is 11.4.